The maximum atomic E-state index is 12.5. The van der Waals surface area contributed by atoms with Crippen LogP contribution in [0.2, 0.25) is 0 Å². The molecule has 0 atom stereocenters. The minimum absolute atomic E-state index is 0.167. The number of carbonyl (C=O) groups is 1. The van der Waals surface area contributed by atoms with Crippen LogP contribution in [0.5, 0.6) is 17.4 Å². The molecule has 6 nitrogen and oxygen atoms in total. The first kappa shape index (κ1) is 20.1. The van der Waals surface area contributed by atoms with E-state index in [9.17, 15) is 4.79 Å². The van der Waals surface area contributed by atoms with Gasteiger partial charge in [0.15, 0.2) is 0 Å². The van der Waals surface area contributed by atoms with Gasteiger partial charge in [-0.25, -0.2) is 9.97 Å². The number of nitrogens with zero attached hydrogens (tertiary/aromatic N) is 2. The zero-order valence-corrected chi connectivity index (χ0v) is 17.2. The zero-order valence-electron chi connectivity index (χ0n) is 17.2. The lowest BCUT2D eigenvalue weighted by molar-refractivity contribution is 0.102. The molecule has 1 amide bonds. The number of ether oxygens (including phenoxy) is 2. The molecule has 0 saturated heterocycles. The van der Waals surface area contributed by atoms with E-state index in [-0.39, 0.29) is 5.91 Å². The van der Waals surface area contributed by atoms with Crippen molar-refractivity contribution < 1.29 is 14.3 Å². The van der Waals surface area contributed by atoms with Gasteiger partial charge >= 0.3 is 0 Å². The summed E-state index contributed by atoms with van der Waals surface area (Å²) in [6.45, 7) is 2.00. The van der Waals surface area contributed by atoms with Crippen molar-refractivity contribution in [2.24, 2.45) is 0 Å². The number of anilines is 1. The summed E-state index contributed by atoms with van der Waals surface area (Å²) < 4.78 is 11.0. The quantitative estimate of drug-likeness (QED) is 0.453. The molecule has 1 N–H and O–H groups in total. The first-order valence-electron chi connectivity index (χ1n) is 9.73. The number of nitrogens with one attached hydrogen (secondary N) is 1. The van der Waals surface area contributed by atoms with E-state index in [1.165, 1.54) is 6.33 Å². The van der Waals surface area contributed by atoms with Gasteiger partial charge in [0.25, 0.3) is 5.91 Å². The topological polar surface area (TPSA) is 73.3 Å². The molecule has 3 aromatic carbocycles. The van der Waals surface area contributed by atoms with Gasteiger partial charge in [-0.3, -0.25) is 4.79 Å². The highest BCUT2D eigenvalue weighted by molar-refractivity contribution is 6.04. The number of methoxy groups -OCH3 is 1. The summed E-state index contributed by atoms with van der Waals surface area (Å²) in [5.41, 5.74) is 4.01. The van der Waals surface area contributed by atoms with Crippen molar-refractivity contribution in [3.05, 3.63) is 96.3 Å². The van der Waals surface area contributed by atoms with E-state index in [2.05, 4.69) is 15.3 Å². The molecule has 1 heterocycles. The van der Waals surface area contributed by atoms with Crippen LogP contribution in [-0.4, -0.2) is 23.0 Å². The van der Waals surface area contributed by atoms with Crippen LogP contribution >= 0.6 is 0 Å². The highest BCUT2D eigenvalue weighted by atomic mass is 16.5. The number of hydrogen-bond donors (Lipinski definition) is 1. The summed E-state index contributed by atoms with van der Waals surface area (Å²) in [7, 11) is 1.60. The Labute approximate surface area is 180 Å². The van der Waals surface area contributed by atoms with Crippen LogP contribution in [0, 0.1) is 6.92 Å². The molecular weight excluding hydrogens is 390 g/mol. The van der Waals surface area contributed by atoms with Crippen LogP contribution in [-0.2, 0) is 0 Å². The SMILES string of the molecule is COc1cccc(Oc2cc(-c3ccc(C(=O)Nc4ccc(C)cc4)cc3)ncn2)c1. The molecule has 0 aliphatic rings. The van der Waals surface area contributed by atoms with Crippen molar-refractivity contribution in [2.45, 2.75) is 6.92 Å². The molecule has 0 aliphatic heterocycles. The predicted octanol–water partition coefficient (Wildman–Crippen LogP) is 5.51. The maximum absolute atomic E-state index is 12.5. The summed E-state index contributed by atoms with van der Waals surface area (Å²) in [6.07, 6.45) is 1.45. The lowest BCUT2D eigenvalue weighted by Crippen LogP contribution is -2.11. The van der Waals surface area contributed by atoms with Gasteiger partial charge in [0.2, 0.25) is 5.88 Å². The van der Waals surface area contributed by atoms with E-state index in [0.717, 1.165) is 16.8 Å². The van der Waals surface area contributed by atoms with Crippen molar-refractivity contribution in [1.82, 2.24) is 9.97 Å². The predicted molar refractivity (Wildman–Crippen MR) is 120 cm³/mol. The van der Waals surface area contributed by atoms with Crippen molar-refractivity contribution >= 4 is 11.6 Å². The zero-order chi connectivity index (χ0) is 21.6. The molecule has 154 valence electrons. The minimum Gasteiger partial charge on any atom is -0.497 e. The fraction of sp³-hybridized carbons (Fsp3) is 0.0800. The van der Waals surface area contributed by atoms with Crippen LogP contribution in [0.3, 0.4) is 0 Å². The van der Waals surface area contributed by atoms with E-state index in [1.807, 2.05) is 61.5 Å². The second-order valence-corrected chi connectivity index (χ2v) is 6.92. The largest absolute Gasteiger partial charge is 0.497 e. The van der Waals surface area contributed by atoms with Crippen LogP contribution < -0.4 is 14.8 Å². The molecule has 0 aliphatic carbocycles. The number of rotatable bonds is 6. The highest BCUT2D eigenvalue weighted by Gasteiger charge is 2.09. The standard InChI is InChI=1S/C25H21N3O3/c1-17-6-12-20(13-7-17)28-25(29)19-10-8-18(9-11-19)23-15-24(27-16-26-23)31-22-5-3-4-21(14-22)30-2/h3-16H,1-2H3,(H,28,29). The summed E-state index contributed by atoms with van der Waals surface area (Å²) in [4.78, 5) is 21.0. The summed E-state index contributed by atoms with van der Waals surface area (Å²) in [5.74, 6) is 1.57. The number of aryl methyl sites for hydroxylation is 1. The van der Waals surface area contributed by atoms with Crippen molar-refractivity contribution in [2.75, 3.05) is 12.4 Å². The molecule has 4 aromatic rings. The van der Waals surface area contributed by atoms with Gasteiger partial charge in [0.05, 0.1) is 12.8 Å². The van der Waals surface area contributed by atoms with Crippen LogP contribution in [0.25, 0.3) is 11.3 Å². The highest BCUT2D eigenvalue weighted by Crippen LogP contribution is 2.26. The van der Waals surface area contributed by atoms with Crippen LogP contribution in [0.4, 0.5) is 5.69 Å². The molecule has 0 fully saturated rings. The lowest BCUT2D eigenvalue weighted by Gasteiger charge is -2.08. The van der Waals surface area contributed by atoms with Gasteiger partial charge in [0, 0.05) is 28.9 Å². The number of hydrogen-bond acceptors (Lipinski definition) is 5. The maximum Gasteiger partial charge on any atom is 0.255 e. The Balaban J connectivity index is 1.47. The van der Waals surface area contributed by atoms with Gasteiger partial charge < -0.3 is 14.8 Å². The first-order chi connectivity index (χ1) is 15.1. The Morgan fingerprint density at radius 1 is 0.871 bits per heavy atom. The van der Waals surface area contributed by atoms with Crippen LogP contribution in [0.15, 0.2) is 85.2 Å². The van der Waals surface area contributed by atoms with E-state index in [0.29, 0.717) is 28.6 Å². The van der Waals surface area contributed by atoms with Gasteiger partial charge in [-0.15, -0.1) is 0 Å². The van der Waals surface area contributed by atoms with E-state index in [1.54, 1.807) is 31.4 Å². The van der Waals surface area contributed by atoms with Crippen LogP contribution in [0.1, 0.15) is 15.9 Å². The van der Waals surface area contributed by atoms with E-state index in [4.69, 9.17) is 9.47 Å². The first-order valence-corrected chi connectivity index (χ1v) is 9.73. The van der Waals surface area contributed by atoms with Gasteiger partial charge in [0.1, 0.15) is 17.8 Å². The summed E-state index contributed by atoms with van der Waals surface area (Å²) in [5, 5.41) is 2.90. The average Bonchev–Trinajstić information content (AvgIpc) is 2.81. The average molecular weight is 411 g/mol. The summed E-state index contributed by atoms with van der Waals surface area (Å²) in [6, 6.07) is 24.0. The molecule has 1 aromatic heterocycles. The van der Waals surface area contributed by atoms with Crippen molar-refractivity contribution in [3.63, 3.8) is 0 Å². The molecule has 0 saturated carbocycles. The number of aromatic nitrogens is 2. The fourth-order valence-electron chi connectivity index (χ4n) is 2.97. The third-order valence-corrected chi connectivity index (χ3v) is 4.66. The molecular formula is C25H21N3O3. The number of benzene rings is 3. The van der Waals surface area contributed by atoms with Crippen molar-refractivity contribution in [1.29, 1.82) is 0 Å². The minimum atomic E-state index is -0.167. The Kier molecular flexibility index (Phi) is 5.89. The molecule has 6 heteroatoms. The third kappa shape index (κ3) is 5.05. The Morgan fingerprint density at radius 2 is 1.61 bits per heavy atom. The number of carbonyl (C=O) groups excluding carboxylic acids is 1. The molecule has 4 rings (SSSR count). The molecule has 0 bridgehead atoms. The fourth-order valence-corrected chi connectivity index (χ4v) is 2.97. The molecule has 0 spiro atoms. The third-order valence-electron chi connectivity index (χ3n) is 4.66. The normalized spacial score (nSPS) is 10.4. The van der Waals surface area contributed by atoms with E-state index >= 15 is 0 Å². The number of amides is 1. The molecule has 0 radical (unpaired) electrons. The van der Waals surface area contributed by atoms with Gasteiger partial charge in [-0.1, -0.05) is 35.9 Å². The molecule has 0 unspecified atom stereocenters. The van der Waals surface area contributed by atoms with Gasteiger partial charge in [-0.05, 0) is 43.3 Å². The smallest absolute Gasteiger partial charge is 0.255 e. The summed E-state index contributed by atoms with van der Waals surface area (Å²) >= 11 is 0. The Hall–Kier alpha value is -4.19. The Bertz CT molecular complexity index is 1190. The monoisotopic (exact) mass is 411 g/mol. The lowest BCUT2D eigenvalue weighted by atomic mass is 10.1. The molecule has 31 heavy (non-hydrogen) atoms. The second-order valence-electron chi connectivity index (χ2n) is 6.92. The second kappa shape index (κ2) is 9.09. The van der Waals surface area contributed by atoms with Crippen molar-refractivity contribution in [3.8, 4) is 28.6 Å². The Morgan fingerprint density at radius 3 is 2.35 bits per heavy atom. The van der Waals surface area contributed by atoms with E-state index < -0.39 is 0 Å². The van der Waals surface area contributed by atoms with Gasteiger partial charge in [-0.2, -0.15) is 0 Å².